The lowest BCUT2D eigenvalue weighted by Gasteiger charge is -2.20. The molecule has 21 heavy (non-hydrogen) atoms. The van der Waals surface area contributed by atoms with Gasteiger partial charge in [0.2, 0.25) is 0 Å². The summed E-state index contributed by atoms with van der Waals surface area (Å²) in [5.41, 5.74) is 3.48. The maximum absolute atomic E-state index is 5.85. The van der Waals surface area contributed by atoms with Crippen LogP contribution in [0.2, 0.25) is 0 Å². The van der Waals surface area contributed by atoms with Crippen LogP contribution in [0.15, 0.2) is 29.6 Å². The number of thiazole rings is 1. The third-order valence-electron chi connectivity index (χ3n) is 3.31. The highest BCUT2D eigenvalue weighted by atomic mass is 35.5. The Bertz CT molecular complexity index is 568. The molecule has 0 bridgehead atoms. The molecule has 0 spiro atoms. The minimum absolute atomic E-state index is 0.474. The summed E-state index contributed by atoms with van der Waals surface area (Å²) in [5.74, 6) is 0.474. The van der Waals surface area contributed by atoms with Crippen LogP contribution in [0.1, 0.15) is 11.3 Å². The van der Waals surface area contributed by atoms with Gasteiger partial charge < -0.3 is 9.80 Å². The smallest absolute Gasteiger partial charge is 0.123 e. The molecule has 114 valence electrons. The SMILES string of the molecule is CN(C)CCN(C)Cc1ccccc1-c1nc(CCl)cs1. The molecule has 0 amide bonds. The average molecular weight is 324 g/mol. The Morgan fingerprint density at radius 1 is 1.14 bits per heavy atom. The molecule has 5 heteroatoms. The predicted octanol–water partition coefficient (Wildman–Crippen LogP) is 3.54. The minimum atomic E-state index is 0.474. The first-order chi connectivity index (χ1) is 10.1. The fourth-order valence-corrected chi connectivity index (χ4v) is 3.21. The van der Waals surface area contributed by atoms with Crippen molar-refractivity contribution in [2.24, 2.45) is 0 Å². The molecule has 1 heterocycles. The highest BCUT2D eigenvalue weighted by Crippen LogP contribution is 2.28. The van der Waals surface area contributed by atoms with Gasteiger partial charge in [0.15, 0.2) is 0 Å². The summed E-state index contributed by atoms with van der Waals surface area (Å²) in [6.07, 6.45) is 0. The zero-order chi connectivity index (χ0) is 15.2. The van der Waals surface area contributed by atoms with E-state index < -0.39 is 0 Å². The zero-order valence-corrected chi connectivity index (χ0v) is 14.4. The van der Waals surface area contributed by atoms with E-state index in [-0.39, 0.29) is 0 Å². The average Bonchev–Trinajstić information content (AvgIpc) is 2.94. The molecule has 0 N–H and O–H groups in total. The van der Waals surface area contributed by atoms with Gasteiger partial charge in [0.25, 0.3) is 0 Å². The number of rotatable bonds is 7. The van der Waals surface area contributed by atoms with Crippen molar-refractivity contribution in [3.05, 3.63) is 40.9 Å². The van der Waals surface area contributed by atoms with Crippen molar-refractivity contribution >= 4 is 22.9 Å². The zero-order valence-electron chi connectivity index (χ0n) is 12.8. The third kappa shape index (κ3) is 4.78. The van der Waals surface area contributed by atoms with Crippen LogP contribution >= 0.6 is 22.9 Å². The molecule has 1 aromatic heterocycles. The lowest BCUT2D eigenvalue weighted by Crippen LogP contribution is -2.28. The fourth-order valence-electron chi connectivity index (χ4n) is 2.10. The van der Waals surface area contributed by atoms with Gasteiger partial charge in [-0.15, -0.1) is 22.9 Å². The van der Waals surface area contributed by atoms with E-state index in [9.17, 15) is 0 Å². The molecule has 0 unspecified atom stereocenters. The predicted molar refractivity (Wildman–Crippen MR) is 92.0 cm³/mol. The third-order valence-corrected chi connectivity index (χ3v) is 4.50. The van der Waals surface area contributed by atoms with Crippen LogP contribution in [0, 0.1) is 0 Å². The molecule has 0 aliphatic carbocycles. The van der Waals surface area contributed by atoms with Gasteiger partial charge in [-0.2, -0.15) is 0 Å². The summed E-state index contributed by atoms with van der Waals surface area (Å²) in [6, 6.07) is 8.49. The largest absolute Gasteiger partial charge is 0.308 e. The van der Waals surface area contributed by atoms with Crippen molar-refractivity contribution in [2.45, 2.75) is 12.4 Å². The van der Waals surface area contributed by atoms with Crippen LogP contribution in [0.25, 0.3) is 10.6 Å². The van der Waals surface area contributed by atoms with E-state index >= 15 is 0 Å². The maximum Gasteiger partial charge on any atom is 0.123 e. The van der Waals surface area contributed by atoms with Gasteiger partial charge in [-0.05, 0) is 26.7 Å². The molecule has 0 saturated carbocycles. The monoisotopic (exact) mass is 323 g/mol. The molecule has 2 aromatic rings. The molecule has 0 radical (unpaired) electrons. The number of halogens is 1. The normalized spacial score (nSPS) is 11.5. The molecule has 0 aliphatic rings. The quantitative estimate of drug-likeness (QED) is 0.726. The first kappa shape index (κ1) is 16.4. The van der Waals surface area contributed by atoms with E-state index in [1.54, 1.807) is 11.3 Å². The molecular formula is C16H22ClN3S. The molecule has 2 rings (SSSR count). The van der Waals surface area contributed by atoms with E-state index in [1.165, 1.54) is 11.1 Å². The van der Waals surface area contributed by atoms with E-state index in [0.717, 1.165) is 30.3 Å². The number of aromatic nitrogens is 1. The molecular weight excluding hydrogens is 302 g/mol. The first-order valence-electron chi connectivity index (χ1n) is 7.02. The Morgan fingerprint density at radius 3 is 2.57 bits per heavy atom. The number of likely N-dealkylation sites (N-methyl/N-ethyl adjacent to an activating group) is 2. The van der Waals surface area contributed by atoms with Crippen molar-refractivity contribution in [1.82, 2.24) is 14.8 Å². The van der Waals surface area contributed by atoms with E-state index in [2.05, 4.69) is 60.2 Å². The first-order valence-corrected chi connectivity index (χ1v) is 8.43. The van der Waals surface area contributed by atoms with E-state index in [0.29, 0.717) is 5.88 Å². The van der Waals surface area contributed by atoms with Gasteiger partial charge in [0, 0.05) is 30.6 Å². The van der Waals surface area contributed by atoms with Gasteiger partial charge in [0.05, 0.1) is 11.6 Å². The van der Waals surface area contributed by atoms with Gasteiger partial charge in [-0.1, -0.05) is 24.3 Å². The second kappa shape index (κ2) is 7.90. The summed E-state index contributed by atoms with van der Waals surface area (Å²) in [7, 11) is 6.36. The lowest BCUT2D eigenvalue weighted by molar-refractivity contribution is 0.276. The number of hydrogen-bond acceptors (Lipinski definition) is 4. The molecule has 0 aliphatic heterocycles. The van der Waals surface area contributed by atoms with Crippen molar-refractivity contribution in [3.63, 3.8) is 0 Å². The number of alkyl halides is 1. The molecule has 0 fully saturated rings. The Kier molecular flexibility index (Phi) is 6.18. The van der Waals surface area contributed by atoms with Crippen molar-refractivity contribution in [2.75, 3.05) is 34.2 Å². The fraction of sp³-hybridized carbons (Fsp3) is 0.438. The molecule has 3 nitrogen and oxygen atoms in total. The summed E-state index contributed by atoms with van der Waals surface area (Å²) >= 11 is 7.52. The summed E-state index contributed by atoms with van der Waals surface area (Å²) < 4.78 is 0. The highest BCUT2D eigenvalue weighted by Gasteiger charge is 2.10. The second-order valence-corrected chi connectivity index (χ2v) is 6.60. The second-order valence-electron chi connectivity index (χ2n) is 5.48. The number of hydrogen-bond donors (Lipinski definition) is 0. The summed E-state index contributed by atoms with van der Waals surface area (Å²) in [5, 5.41) is 3.09. The Morgan fingerprint density at radius 2 is 1.90 bits per heavy atom. The van der Waals surface area contributed by atoms with Crippen LogP contribution < -0.4 is 0 Å². The topological polar surface area (TPSA) is 19.4 Å². The van der Waals surface area contributed by atoms with Gasteiger partial charge in [-0.3, -0.25) is 0 Å². The van der Waals surface area contributed by atoms with Gasteiger partial charge in [-0.25, -0.2) is 4.98 Å². The van der Waals surface area contributed by atoms with Crippen LogP contribution in [0.5, 0.6) is 0 Å². The Labute approximate surface area is 136 Å². The maximum atomic E-state index is 5.85. The summed E-state index contributed by atoms with van der Waals surface area (Å²) in [6.45, 7) is 3.04. The standard InChI is InChI=1S/C16H22ClN3S/c1-19(2)8-9-20(3)11-13-6-4-5-7-15(13)16-18-14(10-17)12-21-16/h4-7,12H,8-11H2,1-3H3. The Balaban J connectivity index is 2.13. The van der Waals surface area contributed by atoms with Crippen molar-refractivity contribution in [1.29, 1.82) is 0 Å². The lowest BCUT2D eigenvalue weighted by atomic mass is 10.1. The van der Waals surface area contributed by atoms with Crippen LogP contribution in [-0.2, 0) is 12.4 Å². The van der Waals surface area contributed by atoms with Gasteiger partial charge >= 0.3 is 0 Å². The van der Waals surface area contributed by atoms with Gasteiger partial charge in [0.1, 0.15) is 5.01 Å². The molecule has 0 atom stereocenters. The van der Waals surface area contributed by atoms with E-state index in [1.807, 2.05) is 5.38 Å². The number of benzene rings is 1. The highest BCUT2D eigenvalue weighted by molar-refractivity contribution is 7.13. The van der Waals surface area contributed by atoms with Crippen molar-refractivity contribution < 1.29 is 0 Å². The Hall–Kier alpha value is -0.940. The molecule has 0 saturated heterocycles. The van der Waals surface area contributed by atoms with Crippen LogP contribution in [0.3, 0.4) is 0 Å². The van der Waals surface area contributed by atoms with Crippen molar-refractivity contribution in [3.8, 4) is 10.6 Å². The van der Waals surface area contributed by atoms with Crippen LogP contribution in [0.4, 0.5) is 0 Å². The van der Waals surface area contributed by atoms with E-state index in [4.69, 9.17) is 11.6 Å². The molecule has 1 aromatic carbocycles. The summed E-state index contributed by atoms with van der Waals surface area (Å²) in [4.78, 5) is 9.15. The van der Waals surface area contributed by atoms with Crippen LogP contribution in [-0.4, -0.2) is 49.0 Å². The number of nitrogens with zero attached hydrogens (tertiary/aromatic N) is 3. The minimum Gasteiger partial charge on any atom is -0.308 e.